The number of benzene rings is 2. The maximum absolute atomic E-state index is 14.7. The zero-order valence-electron chi connectivity index (χ0n) is 19.6. The Morgan fingerprint density at radius 1 is 1.13 bits per heavy atom. The lowest BCUT2D eigenvalue weighted by atomic mass is 10.1. The zero-order chi connectivity index (χ0) is 28.3. The molecule has 0 bridgehead atoms. The fourth-order valence-corrected chi connectivity index (χ4v) is 3.39. The van der Waals surface area contributed by atoms with E-state index >= 15 is 0 Å². The molecular formula is C22H15F2N7O8. The number of hydrogen-bond donors (Lipinski definition) is 2. The molecular weight excluding hydrogens is 528 g/mol. The molecule has 0 unspecified atom stereocenters. The van der Waals surface area contributed by atoms with Crippen molar-refractivity contribution in [2.45, 2.75) is 6.42 Å². The van der Waals surface area contributed by atoms with Crippen LogP contribution in [0.5, 0.6) is 5.75 Å². The van der Waals surface area contributed by atoms with Crippen LogP contribution < -0.4 is 10.1 Å². The van der Waals surface area contributed by atoms with E-state index in [1.807, 2.05) is 0 Å². The van der Waals surface area contributed by atoms with E-state index in [2.05, 4.69) is 30.7 Å². The molecule has 0 aliphatic heterocycles. The van der Waals surface area contributed by atoms with E-state index < -0.39 is 58.0 Å². The minimum atomic E-state index is -1.68. The fraction of sp³-hybridized carbons (Fsp3) is 0.136. The first-order valence-electron chi connectivity index (χ1n) is 10.7. The highest BCUT2D eigenvalue weighted by molar-refractivity contribution is 6.07. The van der Waals surface area contributed by atoms with Crippen LogP contribution in [-0.2, 0) is 11.2 Å². The van der Waals surface area contributed by atoms with Crippen LogP contribution >= 0.6 is 0 Å². The lowest BCUT2D eigenvalue weighted by Crippen LogP contribution is -2.18. The van der Waals surface area contributed by atoms with E-state index in [9.17, 15) is 33.3 Å². The van der Waals surface area contributed by atoms with Crippen molar-refractivity contribution in [3.63, 3.8) is 0 Å². The van der Waals surface area contributed by atoms with Gasteiger partial charge in [0.2, 0.25) is 0 Å². The van der Waals surface area contributed by atoms with Gasteiger partial charge in [0.1, 0.15) is 11.4 Å². The maximum Gasteiger partial charge on any atom is 0.342 e. The van der Waals surface area contributed by atoms with Gasteiger partial charge in [-0.05, 0) is 40.3 Å². The van der Waals surface area contributed by atoms with Crippen LogP contribution in [0.4, 0.5) is 20.2 Å². The van der Waals surface area contributed by atoms with Crippen LogP contribution in [0.25, 0.3) is 5.65 Å². The summed E-state index contributed by atoms with van der Waals surface area (Å²) >= 11 is 0. The van der Waals surface area contributed by atoms with Crippen LogP contribution in [0.1, 0.15) is 36.8 Å². The smallest absolute Gasteiger partial charge is 0.342 e. The Morgan fingerprint density at radius 2 is 1.87 bits per heavy atom. The topological polar surface area (TPSA) is 201 Å². The number of methoxy groups -OCH3 is 1. The molecule has 15 nitrogen and oxygen atoms in total. The number of nitro benzene ring substituents is 1. The summed E-state index contributed by atoms with van der Waals surface area (Å²) < 4.78 is 40.0. The molecule has 0 saturated carbocycles. The predicted octanol–water partition coefficient (Wildman–Crippen LogP) is 2.06. The minimum absolute atomic E-state index is 0.153. The number of carbonyl (C=O) groups excluding carboxylic acids is 2. The molecule has 0 fully saturated rings. The number of fused-ring (bicyclic) bond motifs is 1. The number of anilines is 1. The number of esters is 1. The predicted molar refractivity (Wildman–Crippen MR) is 123 cm³/mol. The van der Waals surface area contributed by atoms with Crippen molar-refractivity contribution in [3.05, 3.63) is 80.5 Å². The number of aromatic carboxylic acids is 1. The normalized spacial score (nSPS) is 10.7. The first-order valence-corrected chi connectivity index (χ1v) is 10.7. The van der Waals surface area contributed by atoms with Crippen LogP contribution in [0, 0.1) is 21.7 Å². The number of rotatable bonds is 9. The van der Waals surface area contributed by atoms with Crippen molar-refractivity contribution in [1.82, 2.24) is 25.3 Å². The van der Waals surface area contributed by atoms with Crippen LogP contribution in [0.15, 0.2) is 36.4 Å². The summed E-state index contributed by atoms with van der Waals surface area (Å²) in [6.07, 6.45) is -0.317. The van der Waals surface area contributed by atoms with Crippen molar-refractivity contribution in [1.29, 1.82) is 0 Å². The van der Waals surface area contributed by atoms with Crippen molar-refractivity contribution in [3.8, 4) is 5.75 Å². The van der Waals surface area contributed by atoms with Gasteiger partial charge < -0.3 is 19.9 Å². The molecule has 0 atom stereocenters. The Hall–Kier alpha value is -5.61. The van der Waals surface area contributed by atoms with E-state index in [-0.39, 0.29) is 34.6 Å². The van der Waals surface area contributed by atoms with Crippen molar-refractivity contribution in [2.75, 3.05) is 19.0 Å². The van der Waals surface area contributed by atoms with E-state index in [4.69, 9.17) is 9.84 Å². The molecule has 4 aromatic rings. The molecule has 0 radical (unpaired) electrons. The van der Waals surface area contributed by atoms with Gasteiger partial charge >= 0.3 is 11.9 Å². The number of nitrogens with zero attached hydrogens (tertiary/aromatic N) is 6. The highest BCUT2D eigenvalue weighted by atomic mass is 19.1. The van der Waals surface area contributed by atoms with Gasteiger partial charge in [0.25, 0.3) is 11.6 Å². The standard InChI is InChI=1S/C22H15F2N7O8/c1-38-22(35)11-7-14(24)18(9-16(11)25-20(32)15-2-3-19-26-28-29-30(19)27-15)39-5-4-10-6-17(31(36)37)12(21(33)34)8-13(10)23/h2-3,6-9H,4-5H2,1H3,(H,25,32)(H,33,34). The van der Waals surface area contributed by atoms with Crippen molar-refractivity contribution in [2.24, 2.45) is 0 Å². The molecule has 2 aromatic heterocycles. The minimum Gasteiger partial charge on any atom is -0.490 e. The number of aromatic nitrogens is 5. The summed E-state index contributed by atoms with van der Waals surface area (Å²) in [4.78, 5) is 46.3. The third-order valence-electron chi connectivity index (χ3n) is 5.25. The zero-order valence-corrected chi connectivity index (χ0v) is 19.6. The molecule has 2 aromatic carbocycles. The van der Waals surface area contributed by atoms with Gasteiger partial charge in [-0.3, -0.25) is 14.9 Å². The van der Waals surface area contributed by atoms with Crippen LogP contribution in [-0.4, -0.2) is 66.8 Å². The summed E-state index contributed by atoms with van der Waals surface area (Å²) in [5.41, 5.74) is -2.37. The molecule has 39 heavy (non-hydrogen) atoms. The number of halogens is 2. The molecule has 0 spiro atoms. The molecule has 2 N–H and O–H groups in total. The number of hydrogen-bond acceptors (Lipinski definition) is 11. The lowest BCUT2D eigenvalue weighted by Gasteiger charge is -2.14. The van der Waals surface area contributed by atoms with Gasteiger partial charge in [-0.25, -0.2) is 18.4 Å². The summed E-state index contributed by atoms with van der Waals surface area (Å²) in [6.45, 7) is -0.417. The maximum atomic E-state index is 14.7. The highest BCUT2D eigenvalue weighted by Gasteiger charge is 2.24. The van der Waals surface area contributed by atoms with Crippen molar-refractivity contribution < 1.29 is 42.7 Å². The number of nitro groups is 1. The highest BCUT2D eigenvalue weighted by Crippen LogP contribution is 2.29. The van der Waals surface area contributed by atoms with Gasteiger partial charge in [-0.1, -0.05) is 0 Å². The number of carbonyl (C=O) groups is 3. The number of amides is 1. The van der Waals surface area contributed by atoms with E-state index in [0.717, 1.165) is 29.9 Å². The second kappa shape index (κ2) is 10.8. The molecule has 2 heterocycles. The summed E-state index contributed by atoms with van der Waals surface area (Å²) in [6, 6.07) is 5.72. The van der Waals surface area contributed by atoms with Crippen LogP contribution in [0.2, 0.25) is 0 Å². The number of carboxylic acid groups (broad SMARTS) is 1. The molecule has 0 aliphatic rings. The Morgan fingerprint density at radius 3 is 2.56 bits per heavy atom. The van der Waals surface area contributed by atoms with Gasteiger partial charge in [-0.2, -0.15) is 0 Å². The molecule has 0 aliphatic carbocycles. The molecule has 0 saturated heterocycles. The monoisotopic (exact) mass is 543 g/mol. The SMILES string of the molecule is COC(=O)c1cc(F)c(OCCc2cc([N+](=O)[O-])c(C(=O)O)cc2F)cc1NC(=O)c1ccc2nnnn2n1. The van der Waals surface area contributed by atoms with E-state index in [0.29, 0.717) is 6.07 Å². The fourth-order valence-electron chi connectivity index (χ4n) is 3.39. The third kappa shape index (κ3) is 5.55. The molecule has 4 rings (SSSR count). The number of carboxylic acids is 1. The third-order valence-corrected chi connectivity index (χ3v) is 5.25. The van der Waals surface area contributed by atoms with Gasteiger partial charge in [0.15, 0.2) is 22.9 Å². The Balaban J connectivity index is 1.57. The van der Waals surface area contributed by atoms with Gasteiger partial charge in [-0.15, -0.1) is 14.8 Å². The van der Waals surface area contributed by atoms with E-state index in [1.54, 1.807) is 0 Å². The van der Waals surface area contributed by atoms with Crippen molar-refractivity contribution >= 4 is 34.9 Å². The largest absolute Gasteiger partial charge is 0.490 e. The Bertz CT molecular complexity index is 1640. The average Bonchev–Trinajstić information content (AvgIpc) is 3.38. The van der Waals surface area contributed by atoms with Gasteiger partial charge in [0, 0.05) is 18.6 Å². The first kappa shape index (κ1) is 26.5. The van der Waals surface area contributed by atoms with Crippen LogP contribution in [0.3, 0.4) is 0 Å². The second-order valence-electron chi connectivity index (χ2n) is 7.64. The molecule has 1 amide bonds. The number of tetrazole rings is 1. The number of ether oxygens (including phenoxy) is 2. The Kier molecular flexibility index (Phi) is 7.32. The van der Waals surface area contributed by atoms with Gasteiger partial charge in [0.05, 0.1) is 29.9 Å². The van der Waals surface area contributed by atoms with E-state index in [1.165, 1.54) is 12.1 Å². The summed E-state index contributed by atoms with van der Waals surface area (Å²) in [5.74, 6) is -6.01. The molecule has 200 valence electrons. The first-order chi connectivity index (χ1) is 18.6. The quantitative estimate of drug-likeness (QED) is 0.177. The Labute approximate surface area is 215 Å². The second-order valence-corrected chi connectivity index (χ2v) is 7.64. The number of nitrogens with one attached hydrogen (secondary N) is 1. The summed E-state index contributed by atoms with van der Waals surface area (Å²) in [7, 11) is 1.05. The summed E-state index contributed by atoms with van der Waals surface area (Å²) in [5, 5.41) is 37.2. The lowest BCUT2D eigenvalue weighted by molar-refractivity contribution is -0.385. The molecule has 17 heteroatoms. The average molecular weight is 543 g/mol.